The van der Waals surface area contributed by atoms with Crippen LogP contribution in [-0.4, -0.2) is 62.2 Å². The number of carbonyl (C=O) groups excluding carboxylic acids is 3. The van der Waals surface area contributed by atoms with Gasteiger partial charge in [0, 0.05) is 5.75 Å². The second-order valence-electron chi connectivity index (χ2n) is 9.69. The summed E-state index contributed by atoms with van der Waals surface area (Å²) in [6.45, 7) is 14.5. The van der Waals surface area contributed by atoms with Crippen LogP contribution in [0.4, 0.5) is 4.79 Å². The summed E-state index contributed by atoms with van der Waals surface area (Å²) in [7, 11) is -1.93. The zero-order chi connectivity index (χ0) is 28.0. The van der Waals surface area contributed by atoms with Crippen LogP contribution in [0.3, 0.4) is 0 Å². The fraction of sp³-hybridized carbons (Fsp3) is 0.593. The Hall–Kier alpha value is -2.48. The fourth-order valence-electron chi connectivity index (χ4n) is 4.47. The third-order valence-electron chi connectivity index (χ3n) is 6.35. The number of carbonyl (C=O) groups is 3. The highest BCUT2D eigenvalue weighted by Crippen LogP contribution is 2.40. The van der Waals surface area contributed by atoms with Crippen LogP contribution in [0.5, 0.6) is 0 Å². The van der Waals surface area contributed by atoms with Gasteiger partial charge in [-0.3, -0.25) is 4.79 Å². The van der Waals surface area contributed by atoms with Gasteiger partial charge in [0.2, 0.25) is 5.91 Å². The van der Waals surface area contributed by atoms with Crippen LogP contribution in [0.1, 0.15) is 54.0 Å². The lowest BCUT2D eigenvalue weighted by atomic mass is 10.2. The molecule has 0 spiro atoms. The highest BCUT2D eigenvalue weighted by Gasteiger charge is 2.41. The normalized spacial score (nSPS) is 12.9. The first-order valence-electron chi connectivity index (χ1n) is 12.7. The van der Waals surface area contributed by atoms with Crippen molar-refractivity contribution in [2.75, 3.05) is 19.0 Å². The average molecular weight is 551 g/mol. The van der Waals surface area contributed by atoms with Gasteiger partial charge in [0.15, 0.2) is 0 Å². The van der Waals surface area contributed by atoms with Crippen molar-refractivity contribution in [3.05, 3.63) is 35.9 Å². The number of alkyl carbamates (subject to hydrolysis) is 1. The summed E-state index contributed by atoms with van der Waals surface area (Å²) in [6.07, 6.45) is -0.858. The summed E-state index contributed by atoms with van der Waals surface area (Å²) in [6, 6.07) is 6.78. The quantitative estimate of drug-likeness (QED) is 0.191. The van der Waals surface area contributed by atoms with Crippen molar-refractivity contribution in [2.45, 2.75) is 83.8 Å². The zero-order valence-corrected chi connectivity index (χ0v) is 24.8. The van der Waals surface area contributed by atoms with Crippen molar-refractivity contribution in [3.8, 4) is 10.8 Å². The summed E-state index contributed by atoms with van der Waals surface area (Å²) >= 11 is 1.26. The Morgan fingerprint density at radius 3 is 2.05 bits per heavy atom. The van der Waals surface area contributed by atoms with Crippen LogP contribution in [0, 0.1) is 10.8 Å². The van der Waals surface area contributed by atoms with Crippen LogP contribution in [0.2, 0.25) is 16.6 Å². The first-order valence-corrected chi connectivity index (χ1v) is 15.9. The van der Waals surface area contributed by atoms with Gasteiger partial charge in [0.25, 0.3) is 0 Å². The molecular formula is C27H42N2O6SSi. The van der Waals surface area contributed by atoms with E-state index in [1.54, 1.807) is 19.1 Å². The SMILES string of the molecule is CCOC(=O)[C@H](CSC#C[Si](C(C)C)(C(C)C)C(C)C)NC(=O)[C@H](CO)NC(=O)OCc1ccccc1. The molecule has 10 heteroatoms. The molecule has 1 aromatic rings. The number of aliphatic hydroxyl groups excluding tert-OH is 1. The second kappa shape index (κ2) is 16.4. The van der Waals surface area contributed by atoms with Gasteiger partial charge in [0.1, 0.15) is 26.8 Å². The number of esters is 1. The molecule has 1 rings (SSSR count). The minimum atomic E-state index is -1.93. The minimum Gasteiger partial charge on any atom is -0.464 e. The van der Waals surface area contributed by atoms with E-state index in [4.69, 9.17) is 9.47 Å². The molecule has 1 aromatic carbocycles. The number of aliphatic hydroxyl groups is 1. The molecule has 0 heterocycles. The number of hydrogen-bond acceptors (Lipinski definition) is 7. The van der Waals surface area contributed by atoms with Gasteiger partial charge in [-0.15, -0.1) is 5.54 Å². The van der Waals surface area contributed by atoms with Gasteiger partial charge in [-0.05, 0) is 34.4 Å². The van der Waals surface area contributed by atoms with E-state index in [0.717, 1.165) is 5.56 Å². The third kappa shape index (κ3) is 10.1. The van der Waals surface area contributed by atoms with E-state index >= 15 is 0 Å². The van der Waals surface area contributed by atoms with Crippen LogP contribution < -0.4 is 10.6 Å². The Morgan fingerprint density at radius 1 is 0.946 bits per heavy atom. The molecule has 3 N–H and O–H groups in total. The molecule has 2 amide bonds. The molecule has 0 aliphatic heterocycles. The van der Waals surface area contributed by atoms with E-state index in [-0.39, 0.29) is 19.0 Å². The van der Waals surface area contributed by atoms with E-state index in [1.807, 2.05) is 18.2 Å². The second-order valence-corrected chi connectivity index (χ2v) is 16.1. The maximum absolute atomic E-state index is 12.8. The molecule has 0 saturated carbocycles. The third-order valence-corrected chi connectivity index (χ3v) is 13.6. The molecule has 0 aliphatic carbocycles. The van der Waals surface area contributed by atoms with E-state index < -0.39 is 44.7 Å². The summed E-state index contributed by atoms with van der Waals surface area (Å²) < 4.78 is 10.2. The molecule has 0 radical (unpaired) electrons. The maximum atomic E-state index is 12.8. The van der Waals surface area contributed by atoms with Crippen molar-refractivity contribution in [2.24, 2.45) is 0 Å². The van der Waals surface area contributed by atoms with Gasteiger partial charge in [-0.25, -0.2) is 9.59 Å². The number of thioether (sulfide) groups is 1. The number of nitrogens with one attached hydrogen (secondary N) is 2. The molecule has 0 aromatic heterocycles. The number of rotatable bonds is 13. The van der Waals surface area contributed by atoms with E-state index in [2.05, 4.69) is 63.0 Å². The summed E-state index contributed by atoms with van der Waals surface area (Å²) in [5, 5.41) is 17.8. The minimum absolute atomic E-state index is 0.0150. The lowest BCUT2D eigenvalue weighted by Gasteiger charge is -2.37. The van der Waals surface area contributed by atoms with Gasteiger partial charge in [-0.1, -0.05) is 83.6 Å². The van der Waals surface area contributed by atoms with Gasteiger partial charge in [0.05, 0.1) is 13.2 Å². The highest BCUT2D eigenvalue weighted by atomic mass is 32.2. The highest BCUT2D eigenvalue weighted by molar-refractivity contribution is 8.04. The lowest BCUT2D eigenvalue weighted by molar-refractivity contribution is -0.147. The van der Waals surface area contributed by atoms with E-state index in [1.165, 1.54) is 11.8 Å². The predicted molar refractivity (Wildman–Crippen MR) is 150 cm³/mol. The van der Waals surface area contributed by atoms with Crippen molar-refractivity contribution < 1.29 is 29.0 Å². The Balaban J connectivity index is 2.85. The zero-order valence-electron chi connectivity index (χ0n) is 23.0. The molecule has 2 atom stereocenters. The molecule has 0 bridgehead atoms. The number of hydrogen-bond donors (Lipinski definition) is 3. The molecule has 0 fully saturated rings. The van der Waals surface area contributed by atoms with Crippen molar-refractivity contribution in [1.29, 1.82) is 0 Å². The predicted octanol–water partition coefficient (Wildman–Crippen LogP) is 4.23. The molecule has 206 valence electrons. The number of benzene rings is 1. The van der Waals surface area contributed by atoms with Gasteiger partial charge in [-0.2, -0.15) is 0 Å². The van der Waals surface area contributed by atoms with Gasteiger partial charge < -0.3 is 25.2 Å². The first-order chi connectivity index (χ1) is 17.5. The lowest BCUT2D eigenvalue weighted by Crippen LogP contribution is -2.54. The number of ether oxygens (including phenoxy) is 2. The van der Waals surface area contributed by atoms with Crippen LogP contribution >= 0.6 is 11.8 Å². The number of amides is 2. The van der Waals surface area contributed by atoms with E-state index in [9.17, 15) is 19.5 Å². The average Bonchev–Trinajstić information content (AvgIpc) is 2.85. The fourth-order valence-corrected chi connectivity index (χ4v) is 10.8. The van der Waals surface area contributed by atoms with Crippen LogP contribution in [0.25, 0.3) is 0 Å². The standard InChI is InChI=1S/C27H42N2O6SSi/c1-8-34-26(32)24(18-36-14-15-37(19(2)3,20(4)5)21(6)7)28-25(31)23(16-30)29-27(33)35-17-22-12-10-9-11-13-22/h9-13,19-21,23-24,30H,8,16-18H2,1-7H3,(H,28,31)(H,29,33)/t23-,24-/m0/s1. The monoisotopic (exact) mass is 550 g/mol. The van der Waals surface area contributed by atoms with Crippen molar-refractivity contribution in [3.63, 3.8) is 0 Å². The van der Waals surface area contributed by atoms with E-state index in [0.29, 0.717) is 16.6 Å². The summed E-state index contributed by atoms with van der Waals surface area (Å²) in [5.41, 5.74) is 5.77. The Labute approximate surface area is 226 Å². The largest absolute Gasteiger partial charge is 0.464 e. The topological polar surface area (TPSA) is 114 Å². The molecule has 8 nitrogen and oxygen atoms in total. The molecule has 0 saturated heterocycles. The van der Waals surface area contributed by atoms with Crippen LogP contribution in [0.15, 0.2) is 30.3 Å². The molecule has 0 aliphatic rings. The van der Waals surface area contributed by atoms with Crippen LogP contribution in [-0.2, 0) is 25.7 Å². The smallest absolute Gasteiger partial charge is 0.408 e. The maximum Gasteiger partial charge on any atom is 0.408 e. The summed E-state index contributed by atoms with van der Waals surface area (Å²) in [4.78, 5) is 37.4. The molecule has 0 unspecified atom stereocenters. The van der Waals surface area contributed by atoms with Crippen molar-refractivity contribution in [1.82, 2.24) is 10.6 Å². The Kier molecular flexibility index (Phi) is 14.4. The Bertz CT molecular complexity index is 908. The van der Waals surface area contributed by atoms with Gasteiger partial charge >= 0.3 is 12.1 Å². The molecule has 37 heavy (non-hydrogen) atoms. The Morgan fingerprint density at radius 2 is 1.54 bits per heavy atom. The molecular weight excluding hydrogens is 508 g/mol. The first kappa shape index (κ1) is 32.5. The van der Waals surface area contributed by atoms with Crippen molar-refractivity contribution >= 4 is 37.8 Å². The summed E-state index contributed by atoms with van der Waals surface area (Å²) in [5.74, 6) is -1.15.